The van der Waals surface area contributed by atoms with Gasteiger partial charge in [-0.1, -0.05) is 150 Å². The Morgan fingerprint density at radius 2 is 1.19 bits per heavy atom. The molecule has 0 aromatic heterocycles. The molecule has 0 fully saturated rings. The van der Waals surface area contributed by atoms with Crippen LogP contribution in [0, 0.1) is 5.41 Å². The van der Waals surface area contributed by atoms with E-state index in [1.54, 1.807) is 0 Å². The van der Waals surface area contributed by atoms with E-state index in [2.05, 4.69) is 134 Å². The molecule has 0 radical (unpaired) electrons. The Morgan fingerprint density at radius 1 is 0.738 bits per heavy atom. The summed E-state index contributed by atoms with van der Waals surface area (Å²) in [5.41, 5.74) is 9.65. The molecule has 2 heteroatoms. The number of hydrogen-bond donors (Lipinski definition) is 2. The highest BCUT2D eigenvalue weighted by atomic mass is 16.3. The molecule has 0 aromatic rings. The van der Waals surface area contributed by atoms with Crippen LogP contribution in [0.1, 0.15) is 88.5 Å². The summed E-state index contributed by atoms with van der Waals surface area (Å²) < 4.78 is 0. The van der Waals surface area contributed by atoms with Crippen molar-refractivity contribution in [3.63, 3.8) is 0 Å². The Balaban J connectivity index is 2.62. The molecule has 0 saturated carbocycles. The fraction of sp³-hybridized carbons (Fsp3) is 0.400. The Kier molecular flexibility index (Phi) is 16.7. The SMILES string of the molecule is CC(C)=CC(O)CC(C)=CC=CC(C)=CC=CC(C)=CC=CC=C(C)C=CC=C(C)C=CC1=C(C)CC(O)CC1(C)C. The highest BCUT2D eigenvalue weighted by molar-refractivity contribution is 5.38. The van der Waals surface area contributed by atoms with Crippen LogP contribution in [0.25, 0.3) is 0 Å². The quantitative estimate of drug-likeness (QED) is 0.171. The van der Waals surface area contributed by atoms with Gasteiger partial charge < -0.3 is 10.2 Å². The summed E-state index contributed by atoms with van der Waals surface area (Å²) in [6.45, 7) is 21.0. The minimum Gasteiger partial charge on any atom is -0.393 e. The van der Waals surface area contributed by atoms with Crippen LogP contribution < -0.4 is 0 Å². The highest BCUT2D eigenvalue weighted by Gasteiger charge is 2.31. The second kappa shape index (κ2) is 19.1. The highest BCUT2D eigenvalue weighted by Crippen LogP contribution is 2.41. The van der Waals surface area contributed by atoms with Gasteiger partial charge in [0, 0.05) is 0 Å². The van der Waals surface area contributed by atoms with E-state index in [4.69, 9.17) is 0 Å². The average Bonchev–Trinajstić information content (AvgIpc) is 2.84. The minimum atomic E-state index is -0.419. The molecule has 2 atom stereocenters. The van der Waals surface area contributed by atoms with E-state index in [0.29, 0.717) is 6.42 Å². The Morgan fingerprint density at radius 3 is 1.67 bits per heavy atom. The number of aliphatic hydroxyl groups is 2. The third-order valence-corrected chi connectivity index (χ3v) is 7.05. The third kappa shape index (κ3) is 16.3. The molecule has 1 rings (SSSR count). The van der Waals surface area contributed by atoms with E-state index in [-0.39, 0.29) is 11.5 Å². The van der Waals surface area contributed by atoms with Gasteiger partial charge in [-0.25, -0.2) is 0 Å². The zero-order valence-corrected chi connectivity index (χ0v) is 27.9. The molecular weight excluding hydrogens is 512 g/mol. The molecule has 0 aromatic carbocycles. The zero-order chi connectivity index (χ0) is 31.7. The smallest absolute Gasteiger partial charge is 0.0760 e. The lowest BCUT2D eigenvalue weighted by atomic mass is 9.71. The first-order chi connectivity index (χ1) is 19.7. The monoisotopic (exact) mass is 568 g/mol. The molecule has 228 valence electrons. The minimum absolute atomic E-state index is 0.00414. The molecule has 2 unspecified atom stereocenters. The van der Waals surface area contributed by atoms with Crippen molar-refractivity contribution in [2.45, 2.75) is 101 Å². The maximum absolute atomic E-state index is 10.1. The Hall–Kier alpha value is -3.20. The van der Waals surface area contributed by atoms with Crippen LogP contribution in [0.3, 0.4) is 0 Å². The van der Waals surface area contributed by atoms with Gasteiger partial charge in [0.2, 0.25) is 0 Å². The first-order valence-corrected chi connectivity index (χ1v) is 15.1. The van der Waals surface area contributed by atoms with Gasteiger partial charge in [-0.15, -0.1) is 0 Å². The van der Waals surface area contributed by atoms with Crippen molar-refractivity contribution in [1.82, 2.24) is 0 Å². The second-order valence-electron chi connectivity index (χ2n) is 12.6. The molecule has 42 heavy (non-hydrogen) atoms. The van der Waals surface area contributed by atoms with Crippen molar-refractivity contribution in [1.29, 1.82) is 0 Å². The predicted molar refractivity (Wildman–Crippen MR) is 186 cm³/mol. The predicted octanol–water partition coefficient (Wildman–Crippen LogP) is 10.7. The van der Waals surface area contributed by atoms with Gasteiger partial charge in [0.15, 0.2) is 0 Å². The molecule has 0 amide bonds. The maximum Gasteiger partial charge on any atom is 0.0760 e. The van der Waals surface area contributed by atoms with Gasteiger partial charge in [-0.2, -0.15) is 0 Å². The summed E-state index contributed by atoms with van der Waals surface area (Å²) in [4.78, 5) is 0. The summed E-state index contributed by atoms with van der Waals surface area (Å²) >= 11 is 0. The fourth-order valence-electron chi connectivity index (χ4n) is 4.94. The van der Waals surface area contributed by atoms with Gasteiger partial charge in [0.1, 0.15) is 0 Å². The van der Waals surface area contributed by atoms with Crippen molar-refractivity contribution in [2.24, 2.45) is 5.41 Å². The summed E-state index contributed by atoms with van der Waals surface area (Å²) in [5.74, 6) is 0. The van der Waals surface area contributed by atoms with Gasteiger partial charge in [0.05, 0.1) is 12.2 Å². The average molecular weight is 569 g/mol. The molecule has 0 aliphatic heterocycles. The summed E-state index contributed by atoms with van der Waals surface area (Å²) in [7, 11) is 0. The lowest BCUT2D eigenvalue weighted by Crippen LogP contribution is -2.28. The third-order valence-electron chi connectivity index (χ3n) is 7.05. The molecular formula is C40H56O2. The molecule has 2 N–H and O–H groups in total. The standard InChI is InChI=1S/C40H56O2/c1-30(2)26-37(41)27-35(7)23-15-21-33(5)20-13-18-31(3)16-11-12-17-32(4)19-14-22-34(6)24-25-39-36(8)28-38(42)29-40(39,9)10/h11-26,37-38,41-42H,27-29H2,1-10H3. The number of allylic oxidation sites excluding steroid dienone is 21. The van der Waals surface area contributed by atoms with E-state index in [1.165, 1.54) is 33.4 Å². The van der Waals surface area contributed by atoms with Crippen LogP contribution >= 0.6 is 0 Å². The van der Waals surface area contributed by atoms with Crippen molar-refractivity contribution in [2.75, 3.05) is 0 Å². The molecule has 1 aliphatic rings. The van der Waals surface area contributed by atoms with Crippen LogP contribution in [-0.4, -0.2) is 22.4 Å². The van der Waals surface area contributed by atoms with Crippen LogP contribution in [0.4, 0.5) is 0 Å². The van der Waals surface area contributed by atoms with E-state index >= 15 is 0 Å². The molecule has 2 nitrogen and oxygen atoms in total. The lowest BCUT2D eigenvalue weighted by Gasteiger charge is -2.35. The molecule has 0 bridgehead atoms. The summed E-state index contributed by atoms with van der Waals surface area (Å²) in [5, 5.41) is 20.1. The Labute approximate surface area is 257 Å². The van der Waals surface area contributed by atoms with Crippen LogP contribution in [-0.2, 0) is 0 Å². The molecule has 0 spiro atoms. The lowest BCUT2D eigenvalue weighted by molar-refractivity contribution is 0.116. The van der Waals surface area contributed by atoms with E-state index in [1.807, 2.05) is 32.9 Å². The summed E-state index contributed by atoms with van der Waals surface area (Å²) in [6, 6.07) is 0. The van der Waals surface area contributed by atoms with Gasteiger partial charge in [-0.05, 0) is 85.6 Å². The van der Waals surface area contributed by atoms with Gasteiger partial charge >= 0.3 is 0 Å². The van der Waals surface area contributed by atoms with Gasteiger partial charge in [-0.3, -0.25) is 0 Å². The van der Waals surface area contributed by atoms with Crippen LogP contribution in [0.15, 0.2) is 142 Å². The number of hydrogen-bond acceptors (Lipinski definition) is 2. The van der Waals surface area contributed by atoms with E-state index in [0.717, 1.165) is 24.0 Å². The summed E-state index contributed by atoms with van der Waals surface area (Å²) in [6.07, 6.45) is 35.0. The van der Waals surface area contributed by atoms with Crippen LogP contribution in [0.5, 0.6) is 0 Å². The number of rotatable bonds is 13. The van der Waals surface area contributed by atoms with Crippen molar-refractivity contribution < 1.29 is 10.2 Å². The van der Waals surface area contributed by atoms with E-state index in [9.17, 15) is 10.2 Å². The first kappa shape index (κ1) is 36.8. The topological polar surface area (TPSA) is 40.5 Å². The fourth-order valence-corrected chi connectivity index (χ4v) is 4.94. The van der Waals surface area contributed by atoms with Gasteiger partial charge in [0.25, 0.3) is 0 Å². The zero-order valence-electron chi connectivity index (χ0n) is 27.9. The molecule has 0 saturated heterocycles. The van der Waals surface area contributed by atoms with Crippen molar-refractivity contribution in [3.8, 4) is 0 Å². The van der Waals surface area contributed by atoms with Crippen LogP contribution in [0.2, 0.25) is 0 Å². The van der Waals surface area contributed by atoms with Crippen molar-refractivity contribution >= 4 is 0 Å². The second-order valence-corrected chi connectivity index (χ2v) is 12.6. The first-order valence-electron chi connectivity index (χ1n) is 15.1. The normalized spacial score (nSPS) is 20.8. The maximum atomic E-state index is 10.1. The largest absolute Gasteiger partial charge is 0.393 e. The van der Waals surface area contributed by atoms with Crippen molar-refractivity contribution in [3.05, 3.63) is 142 Å². The number of aliphatic hydroxyl groups excluding tert-OH is 2. The molecule has 1 aliphatic carbocycles. The Bertz CT molecular complexity index is 1250. The van der Waals surface area contributed by atoms with E-state index < -0.39 is 6.10 Å². The molecule has 0 heterocycles.